The average molecular weight is 412 g/mol. The van der Waals surface area contributed by atoms with E-state index in [1.165, 1.54) is 17.3 Å². The van der Waals surface area contributed by atoms with E-state index < -0.39 is 0 Å². The standard InChI is InChI=1S/C21H25N5O2S/c1-14-12-15(2)20(16(3)13-14)22-19(27)6-5-11-29-21-23-24-25-26(21)17-7-9-18(28-4)10-8-17/h7-10,12-13H,5-6,11H2,1-4H3,(H,22,27). The van der Waals surface area contributed by atoms with E-state index in [4.69, 9.17) is 4.74 Å². The molecule has 0 atom stereocenters. The van der Waals surface area contributed by atoms with Crippen molar-refractivity contribution in [1.29, 1.82) is 0 Å². The lowest BCUT2D eigenvalue weighted by Crippen LogP contribution is -2.13. The SMILES string of the molecule is COc1ccc(-n2nnnc2SCCCC(=O)Nc2c(C)cc(C)cc2C)cc1. The molecule has 0 bridgehead atoms. The van der Waals surface area contributed by atoms with Crippen LogP contribution >= 0.6 is 11.8 Å². The van der Waals surface area contributed by atoms with Gasteiger partial charge in [0.1, 0.15) is 5.75 Å². The number of carbonyl (C=O) groups is 1. The second kappa shape index (κ2) is 9.56. The molecule has 152 valence electrons. The minimum Gasteiger partial charge on any atom is -0.497 e. The number of methoxy groups -OCH3 is 1. The van der Waals surface area contributed by atoms with Gasteiger partial charge < -0.3 is 10.1 Å². The zero-order valence-corrected chi connectivity index (χ0v) is 17.9. The van der Waals surface area contributed by atoms with Crippen molar-refractivity contribution in [1.82, 2.24) is 20.2 Å². The predicted molar refractivity (Wildman–Crippen MR) is 115 cm³/mol. The molecule has 8 heteroatoms. The lowest BCUT2D eigenvalue weighted by Gasteiger charge is -2.12. The second-order valence-corrected chi connectivity index (χ2v) is 7.91. The van der Waals surface area contributed by atoms with E-state index in [2.05, 4.69) is 39.9 Å². The van der Waals surface area contributed by atoms with Gasteiger partial charge in [-0.15, -0.1) is 5.10 Å². The van der Waals surface area contributed by atoms with Gasteiger partial charge in [0, 0.05) is 17.9 Å². The number of benzene rings is 2. The van der Waals surface area contributed by atoms with Crippen molar-refractivity contribution in [2.45, 2.75) is 38.8 Å². The maximum absolute atomic E-state index is 12.3. The van der Waals surface area contributed by atoms with E-state index >= 15 is 0 Å². The number of nitrogens with one attached hydrogen (secondary N) is 1. The van der Waals surface area contributed by atoms with Crippen LogP contribution in [0.15, 0.2) is 41.6 Å². The maximum Gasteiger partial charge on any atom is 0.224 e. The third-order valence-corrected chi connectivity index (χ3v) is 5.48. The fourth-order valence-electron chi connectivity index (χ4n) is 3.13. The summed E-state index contributed by atoms with van der Waals surface area (Å²) in [5.74, 6) is 1.55. The molecule has 0 radical (unpaired) electrons. The van der Waals surface area contributed by atoms with Gasteiger partial charge in [0.25, 0.3) is 0 Å². The lowest BCUT2D eigenvalue weighted by molar-refractivity contribution is -0.116. The highest BCUT2D eigenvalue weighted by Crippen LogP contribution is 2.23. The Kier molecular flexibility index (Phi) is 6.87. The van der Waals surface area contributed by atoms with Crippen molar-refractivity contribution in [3.8, 4) is 11.4 Å². The predicted octanol–water partition coefficient (Wildman–Crippen LogP) is 4.11. The van der Waals surface area contributed by atoms with Crippen LogP contribution in [0.2, 0.25) is 0 Å². The Balaban J connectivity index is 1.51. The molecule has 29 heavy (non-hydrogen) atoms. The molecule has 0 fully saturated rings. The monoisotopic (exact) mass is 411 g/mol. The molecular weight excluding hydrogens is 386 g/mol. The summed E-state index contributed by atoms with van der Waals surface area (Å²) in [7, 11) is 1.63. The molecule has 1 amide bonds. The number of thioether (sulfide) groups is 1. The van der Waals surface area contributed by atoms with Crippen LogP contribution in [-0.4, -0.2) is 39.0 Å². The molecule has 1 aromatic heterocycles. The number of ether oxygens (including phenoxy) is 1. The fraction of sp³-hybridized carbons (Fsp3) is 0.333. The Labute approximate surface area is 174 Å². The number of aryl methyl sites for hydroxylation is 3. The molecular formula is C21H25N5O2S. The molecule has 2 aromatic carbocycles. The summed E-state index contributed by atoms with van der Waals surface area (Å²) >= 11 is 1.53. The topological polar surface area (TPSA) is 81.9 Å². The number of hydrogen-bond acceptors (Lipinski definition) is 6. The maximum atomic E-state index is 12.3. The van der Waals surface area contributed by atoms with E-state index in [1.54, 1.807) is 11.8 Å². The summed E-state index contributed by atoms with van der Waals surface area (Å²) in [6.45, 7) is 6.09. The van der Waals surface area contributed by atoms with Gasteiger partial charge in [-0.05, 0) is 73.0 Å². The average Bonchev–Trinajstić information content (AvgIpc) is 3.16. The molecule has 0 aliphatic carbocycles. The first-order valence-electron chi connectivity index (χ1n) is 9.41. The molecule has 3 aromatic rings. The third-order valence-electron chi connectivity index (χ3n) is 4.48. The summed E-state index contributed by atoms with van der Waals surface area (Å²) in [4.78, 5) is 12.3. The van der Waals surface area contributed by atoms with Gasteiger partial charge in [-0.2, -0.15) is 4.68 Å². The summed E-state index contributed by atoms with van der Waals surface area (Å²) in [5, 5.41) is 15.6. The summed E-state index contributed by atoms with van der Waals surface area (Å²) < 4.78 is 6.86. The highest BCUT2D eigenvalue weighted by molar-refractivity contribution is 7.99. The lowest BCUT2D eigenvalue weighted by atomic mass is 10.0. The molecule has 0 saturated carbocycles. The number of amides is 1. The van der Waals surface area contributed by atoms with E-state index in [-0.39, 0.29) is 5.91 Å². The Bertz CT molecular complexity index is 962. The number of anilines is 1. The summed E-state index contributed by atoms with van der Waals surface area (Å²) in [6.07, 6.45) is 1.18. The highest BCUT2D eigenvalue weighted by atomic mass is 32.2. The van der Waals surface area contributed by atoms with Crippen LogP contribution in [0.25, 0.3) is 5.69 Å². The quantitative estimate of drug-likeness (QED) is 0.444. The Hall–Kier alpha value is -2.87. The van der Waals surface area contributed by atoms with E-state index in [0.717, 1.165) is 40.4 Å². The Morgan fingerprint density at radius 1 is 1.14 bits per heavy atom. The van der Waals surface area contributed by atoms with Crippen molar-refractivity contribution in [3.63, 3.8) is 0 Å². The fourth-order valence-corrected chi connectivity index (χ4v) is 3.96. The van der Waals surface area contributed by atoms with Crippen molar-refractivity contribution >= 4 is 23.4 Å². The van der Waals surface area contributed by atoms with E-state index in [0.29, 0.717) is 11.6 Å². The van der Waals surface area contributed by atoms with Gasteiger partial charge in [0.15, 0.2) is 0 Å². The minimum atomic E-state index is 0.0235. The van der Waals surface area contributed by atoms with E-state index in [1.807, 2.05) is 38.1 Å². The van der Waals surface area contributed by atoms with Crippen molar-refractivity contribution in [2.75, 3.05) is 18.2 Å². The van der Waals surface area contributed by atoms with Crippen LogP contribution in [0.3, 0.4) is 0 Å². The zero-order valence-electron chi connectivity index (χ0n) is 17.1. The van der Waals surface area contributed by atoms with Gasteiger partial charge in [-0.3, -0.25) is 4.79 Å². The number of carbonyl (C=O) groups excluding carboxylic acids is 1. The molecule has 0 spiro atoms. The van der Waals surface area contributed by atoms with Crippen molar-refractivity contribution < 1.29 is 9.53 Å². The molecule has 0 saturated heterocycles. The van der Waals surface area contributed by atoms with Gasteiger partial charge in [0.05, 0.1) is 12.8 Å². The van der Waals surface area contributed by atoms with E-state index in [9.17, 15) is 4.79 Å². The van der Waals surface area contributed by atoms with Gasteiger partial charge in [0.2, 0.25) is 11.1 Å². The van der Waals surface area contributed by atoms with Crippen LogP contribution in [0.4, 0.5) is 5.69 Å². The van der Waals surface area contributed by atoms with Gasteiger partial charge in [-0.1, -0.05) is 29.5 Å². The first-order valence-corrected chi connectivity index (χ1v) is 10.4. The van der Waals surface area contributed by atoms with Gasteiger partial charge >= 0.3 is 0 Å². The minimum absolute atomic E-state index is 0.0235. The molecule has 0 aliphatic rings. The number of tetrazole rings is 1. The summed E-state index contributed by atoms with van der Waals surface area (Å²) in [5.41, 5.74) is 5.15. The molecule has 7 nitrogen and oxygen atoms in total. The number of hydrogen-bond donors (Lipinski definition) is 1. The second-order valence-electron chi connectivity index (χ2n) is 6.85. The first kappa shape index (κ1) is 20.9. The molecule has 1 heterocycles. The largest absolute Gasteiger partial charge is 0.497 e. The highest BCUT2D eigenvalue weighted by Gasteiger charge is 2.11. The van der Waals surface area contributed by atoms with Gasteiger partial charge in [-0.25, -0.2) is 0 Å². The first-order chi connectivity index (χ1) is 14.0. The number of nitrogens with zero attached hydrogens (tertiary/aromatic N) is 4. The molecule has 1 N–H and O–H groups in total. The van der Waals surface area contributed by atoms with Crippen LogP contribution in [0.5, 0.6) is 5.75 Å². The number of aromatic nitrogens is 4. The smallest absolute Gasteiger partial charge is 0.224 e. The van der Waals surface area contributed by atoms with Crippen LogP contribution in [-0.2, 0) is 4.79 Å². The molecule has 3 rings (SSSR count). The van der Waals surface area contributed by atoms with Crippen molar-refractivity contribution in [2.24, 2.45) is 0 Å². The normalized spacial score (nSPS) is 10.8. The zero-order chi connectivity index (χ0) is 20.8. The molecule has 0 unspecified atom stereocenters. The Morgan fingerprint density at radius 2 is 1.83 bits per heavy atom. The van der Waals surface area contributed by atoms with Crippen LogP contribution < -0.4 is 10.1 Å². The molecule has 0 aliphatic heterocycles. The van der Waals surface area contributed by atoms with Crippen LogP contribution in [0, 0.1) is 20.8 Å². The third kappa shape index (κ3) is 5.35. The summed E-state index contributed by atoms with van der Waals surface area (Å²) in [6, 6.07) is 11.7. The van der Waals surface area contributed by atoms with Crippen molar-refractivity contribution in [3.05, 3.63) is 53.1 Å². The Morgan fingerprint density at radius 3 is 2.48 bits per heavy atom. The van der Waals surface area contributed by atoms with Crippen LogP contribution in [0.1, 0.15) is 29.5 Å². The number of rotatable bonds is 8.